The highest BCUT2D eigenvalue weighted by atomic mass is 127. The van der Waals surface area contributed by atoms with E-state index in [2.05, 4.69) is 22.6 Å². The molecule has 0 aromatic heterocycles. The Morgan fingerprint density at radius 3 is 2.50 bits per heavy atom. The Morgan fingerprint density at radius 1 is 1.11 bits per heavy atom. The Hall–Kier alpha value is -0.810. The van der Waals surface area contributed by atoms with Crippen LogP contribution in [0, 0.1) is 9.39 Å². The first-order valence-electron chi connectivity index (χ1n) is 5.41. The van der Waals surface area contributed by atoms with Gasteiger partial charge in [-0.2, -0.15) is 0 Å². The van der Waals surface area contributed by atoms with Gasteiger partial charge in [0.25, 0.3) is 0 Å². The predicted molar refractivity (Wildman–Crippen MR) is 79.4 cm³/mol. The van der Waals surface area contributed by atoms with E-state index in [0.717, 1.165) is 9.13 Å². The maximum atomic E-state index is 13.6. The molecule has 4 heteroatoms. The Labute approximate surface area is 124 Å². The van der Waals surface area contributed by atoms with Crippen LogP contribution >= 0.6 is 34.2 Å². The Balaban J connectivity index is 2.12. The van der Waals surface area contributed by atoms with Crippen molar-refractivity contribution in [1.82, 2.24) is 0 Å². The molecule has 18 heavy (non-hydrogen) atoms. The molecule has 0 bridgehead atoms. The van der Waals surface area contributed by atoms with Crippen molar-refractivity contribution in [2.45, 2.75) is 12.5 Å². The monoisotopic (exact) mass is 376 g/mol. The van der Waals surface area contributed by atoms with Crippen molar-refractivity contribution in [3.05, 3.63) is 63.0 Å². The zero-order valence-electron chi connectivity index (χ0n) is 9.50. The van der Waals surface area contributed by atoms with Gasteiger partial charge in [0.15, 0.2) is 11.6 Å². The van der Waals surface area contributed by atoms with Gasteiger partial charge in [0, 0.05) is 9.13 Å². The third kappa shape index (κ3) is 3.36. The van der Waals surface area contributed by atoms with E-state index in [9.17, 15) is 4.39 Å². The lowest BCUT2D eigenvalue weighted by atomic mass is 10.2. The number of halogens is 3. The molecule has 0 aliphatic rings. The summed E-state index contributed by atoms with van der Waals surface area (Å²) in [6, 6.07) is 12.7. The fourth-order valence-corrected chi connectivity index (χ4v) is 2.13. The molecular weight excluding hydrogens is 366 g/mol. The lowest BCUT2D eigenvalue weighted by molar-refractivity contribution is 0.288. The van der Waals surface area contributed by atoms with Gasteiger partial charge < -0.3 is 4.74 Å². The van der Waals surface area contributed by atoms with Gasteiger partial charge in [-0.25, -0.2) is 4.39 Å². The number of alkyl halides is 1. The topological polar surface area (TPSA) is 9.23 Å². The summed E-state index contributed by atoms with van der Waals surface area (Å²) in [4.78, 5) is 0. The minimum atomic E-state index is -0.376. The maximum Gasteiger partial charge on any atom is 0.165 e. The standard InChI is InChI=1S/C14H11ClFIO/c15-8-11-2-1-3-13(16)14(11)18-9-10-4-6-12(17)7-5-10/h1-7H,8-9H2. The highest BCUT2D eigenvalue weighted by molar-refractivity contribution is 14.1. The average Bonchev–Trinajstić information content (AvgIpc) is 2.39. The number of hydrogen-bond donors (Lipinski definition) is 0. The van der Waals surface area contributed by atoms with E-state index < -0.39 is 0 Å². The number of hydrogen-bond acceptors (Lipinski definition) is 1. The Bertz CT molecular complexity index is 528. The smallest absolute Gasteiger partial charge is 0.165 e. The van der Waals surface area contributed by atoms with Crippen molar-refractivity contribution in [3.8, 4) is 5.75 Å². The molecule has 0 amide bonds. The van der Waals surface area contributed by atoms with Crippen molar-refractivity contribution in [1.29, 1.82) is 0 Å². The molecule has 0 unspecified atom stereocenters. The molecule has 1 nitrogen and oxygen atoms in total. The molecule has 2 rings (SSSR count). The second kappa shape index (κ2) is 6.38. The molecule has 0 fully saturated rings. The van der Waals surface area contributed by atoms with Crippen LogP contribution in [0.4, 0.5) is 4.39 Å². The van der Waals surface area contributed by atoms with Gasteiger partial charge in [0.05, 0.1) is 5.88 Å². The van der Waals surface area contributed by atoms with Gasteiger partial charge in [0.2, 0.25) is 0 Å². The molecule has 0 spiro atoms. The van der Waals surface area contributed by atoms with Gasteiger partial charge in [-0.15, -0.1) is 11.6 Å². The summed E-state index contributed by atoms with van der Waals surface area (Å²) >= 11 is 7.99. The Kier molecular flexibility index (Phi) is 4.83. The van der Waals surface area contributed by atoms with Crippen LogP contribution in [-0.4, -0.2) is 0 Å². The number of rotatable bonds is 4. The summed E-state index contributed by atoms with van der Waals surface area (Å²) < 4.78 is 20.3. The summed E-state index contributed by atoms with van der Waals surface area (Å²) in [6.45, 7) is 0.335. The summed E-state index contributed by atoms with van der Waals surface area (Å²) in [6.07, 6.45) is 0. The van der Waals surface area contributed by atoms with E-state index in [1.54, 1.807) is 12.1 Å². The number of ether oxygens (including phenoxy) is 1. The van der Waals surface area contributed by atoms with Crippen LogP contribution in [0.15, 0.2) is 42.5 Å². The minimum absolute atomic E-state index is 0.236. The first kappa shape index (κ1) is 13.6. The van der Waals surface area contributed by atoms with E-state index >= 15 is 0 Å². The second-order valence-electron chi connectivity index (χ2n) is 3.78. The van der Waals surface area contributed by atoms with Crippen LogP contribution in [0.1, 0.15) is 11.1 Å². The zero-order valence-corrected chi connectivity index (χ0v) is 12.4. The van der Waals surface area contributed by atoms with E-state index in [-0.39, 0.29) is 17.4 Å². The second-order valence-corrected chi connectivity index (χ2v) is 5.29. The molecular formula is C14H11ClFIO. The van der Waals surface area contributed by atoms with Crippen molar-refractivity contribution in [2.24, 2.45) is 0 Å². The summed E-state index contributed by atoms with van der Waals surface area (Å²) in [5, 5.41) is 0. The summed E-state index contributed by atoms with van der Waals surface area (Å²) in [5.74, 6) is 0.101. The van der Waals surface area contributed by atoms with Gasteiger partial charge in [-0.05, 0) is 46.4 Å². The summed E-state index contributed by atoms with van der Waals surface area (Å²) in [7, 11) is 0. The van der Waals surface area contributed by atoms with Crippen LogP contribution in [0.5, 0.6) is 5.75 Å². The molecule has 0 N–H and O–H groups in total. The lowest BCUT2D eigenvalue weighted by Gasteiger charge is -2.11. The van der Waals surface area contributed by atoms with Crippen LogP contribution in [0.2, 0.25) is 0 Å². The first-order chi connectivity index (χ1) is 8.70. The SMILES string of the molecule is Fc1cccc(CCl)c1OCc1ccc(I)cc1. The van der Waals surface area contributed by atoms with Gasteiger partial charge in [-0.3, -0.25) is 0 Å². The van der Waals surface area contributed by atoms with E-state index in [1.165, 1.54) is 6.07 Å². The largest absolute Gasteiger partial charge is 0.485 e. The highest BCUT2D eigenvalue weighted by Gasteiger charge is 2.09. The van der Waals surface area contributed by atoms with E-state index in [0.29, 0.717) is 12.2 Å². The zero-order chi connectivity index (χ0) is 13.0. The molecule has 94 valence electrons. The minimum Gasteiger partial charge on any atom is -0.485 e. The highest BCUT2D eigenvalue weighted by Crippen LogP contribution is 2.25. The molecule has 0 aliphatic carbocycles. The molecule has 2 aromatic carbocycles. The number of benzene rings is 2. The quantitative estimate of drug-likeness (QED) is 0.553. The van der Waals surface area contributed by atoms with Crippen LogP contribution in [0.3, 0.4) is 0 Å². The fourth-order valence-electron chi connectivity index (χ4n) is 1.56. The van der Waals surface area contributed by atoms with Crippen molar-refractivity contribution in [3.63, 3.8) is 0 Å². The van der Waals surface area contributed by atoms with Gasteiger partial charge >= 0.3 is 0 Å². The van der Waals surface area contributed by atoms with Crippen molar-refractivity contribution < 1.29 is 9.13 Å². The molecule has 0 aliphatic heterocycles. The fraction of sp³-hybridized carbons (Fsp3) is 0.143. The third-order valence-electron chi connectivity index (χ3n) is 2.49. The predicted octanol–water partition coefficient (Wildman–Crippen LogP) is 4.75. The van der Waals surface area contributed by atoms with Crippen LogP contribution < -0.4 is 4.74 Å². The van der Waals surface area contributed by atoms with Crippen LogP contribution in [-0.2, 0) is 12.5 Å². The summed E-state index contributed by atoms with van der Waals surface area (Å²) in [5.41, 5.74) is 1.67. The van der Waals surface area contributed by atoms with Crippen LogP contribution in [0.25, 0.3) is 0 Å². The molecule has 2 aromatic rings. The lowest BCUT2D eigenvalue weighted by Crippen LogP contribution is -2.00. The maximum absolute atomic E-state index is 13.6. The van der Waals surface area contributed by atoms with Crippen molar-refractivity contribution >= 4 is 34.2 Å². The first-order valence-corrected chi connectivity index (χ1v) is 7.02. The molecule has 0 radical (unpaired) electrons. The molecule has 0 saturated carbocycles. The van der Waals surface area contributed by atoms with Crippen molar-refractivity contribution in [2.75, 3.05) is 0 Å². The third-order valence-corrected chi connectivity index (χ3v) is 3.50. The molecule has 0 saturated heterocycles. The number of para-hydroxylation sites is 1. The van der Waals surface area contributed by atoms with Gasteiger partial charge in [0.1, 0.15) is 6.61 Å². The molecule has 0 atom stereocenters. The van der Waals surface area contributed by atoms with E-state index in [1.807, 2.05) is 24.3 Å². The van der Waals surface area contributed by atoms with E-state index in [4.69, 9.17) is 16.3 Å². The average molecular weight is 377 g/mol. The normalized spacial score (nSPS) is 10.4. The van der Waals surface area contributed by atoms with Gasteiger partial charge in [-0.1, -0.05) is 24.3 Å². The Morgan fingerprint density at radius 2 is 1.83 bits per heavy atom. The molecule has 0 heterocycles.